The van der Waals surface area contributed by atoms with E-state index in [4.69, 9.17) is 0 Å². The molecule has 0 nitrogen and oxygen atoms in total. The lowest BCUT2D eigenvalue weighted by Gasteiger charge is -2.52. The normalized spacial score (nSPS) is 30.5. The first-order valence-corrected chi connectivity index (χ1v) is 18.4. The van der Waals surface area contributed by atoms with E-state index in [1.54, 1.807) is 17.5 Å². The fraction of sp³-hybridized carbons (Fsp3) is 0.667. The predicted octanol–water partition coefficient (Wildman–Crippen LogP) is 3.35. The predicted molar refractivity (Wildman–Crippen MR) is 113 cm³/mol. The van der Waals surface area contributed by atoms with E-state index in [9.17, 15) is 0 Å². The van der Waals surface area contributed by atoms with Crippen molar-refractivity contribution < 1.29 is 0 Å². The maximum Gasteiger partial charge on any atom is 0.0271 e. The molecular weight excluding hydrogens is 385 g/mol. The Morgan fingerprint density at radius 1 is 0.833 bits per heavy atom. The average Bonchev–Trinajstić information content (AvgIpc) is 2.64. The van der Waals surface area contributed by atoms with Gasteiger partial charge in [-0.3, -0.25) is 0 Å². The molecule has 3 heterocycles. The molecule has 0 spiro atoms. The zero-order chi connectivity index (χ0) is 17.0. The SMILES string of the molecule is CCCCCC12[Si][Si]C(c3ccc(C(C)CCC)cc3)([Si][Si]1)[Si][Si]2. The molecule has 3 fully saturated rings. The summed E-state index contributed by atoms with van der Waals surface area (Å²) in [6.07, 6.45) is 8.51. The summed E-state index contributed by atoms with van der Waals surface area (Å²) in [4.78, 5) is 0. The Bertz CT molecular complexity index is 504. The quantitative estimate of drug-likeness (QED) is 0.455. The lowest BCUT2D eigenvalue weighted by molar-refractivity contribution is 0.664. The number of hydrogen-bond donors (Lipinski definition) is 0. The molecule has 0 aromatic heterocycles. The molecule has 3 saturated heterocycles. The number of unbranched alkanes of at least 4 members (excludes halogenated alkanes) is 2. The van der Waals surface area contributed by atoms with Gasteiger partial charge in [0.15, 0.2) is 0 Å². The minimum atomic E-state index is 0.647. The highest BCUT2D eigenvalue weighted by Crippen LogP contribution is 2.41. The smallest absolute Gasteiger partial charge is 0.0271 e. The third-order valence-corrected chi connectivity index (χ3v) is 31.4. The molecule has 1 unspecified atom stereocenters. The number of rotatable bonds is 8. The van der Waals surface area contributed by atoms with E-state index < -0.39 is 0 Å². The van der Waals surface area contributed by atoms with Crippen molar-refractivity contribution in [3.63, 3.8) is 0 Å². The van der Waals surface area contributed by atoms with Gasteiger partial charge >= 0.3 is 0 Å². The van der Waals surface area contributed by atoms with Crippen LogP contribution in [0.3, 0.4) is 0 Å². The van der Waals surface area contributed by atoms with E-state index in [1.165, 1.54) is 86.3 Å². The lowest BCUT2D eigenvalue weighted by Crippen LogP contribution is -2.68. The van der Waals surface area contributed by atoms with Gasteiger partial charge in [0, 0.05) is 54.2 Å². The molecule has 1 aromatic carbocycles. The summed E-state index contributed by atoms with van der Waals surface area (Å²) in [6, 6.07) is 9.94. The third kappa shape index (κ3) is 4.09. The standard InChI is InChI=1S/C18H26Si6/c1-4-6-7-13-17-19-22-18(23-20-17,24-21-17)16-11-9-15(10-12-16)14(3)8-5-2/h9-12,14H,4-8,13H2,1-3H3. The van der Waals surface area contributed by atoms with Crippen LogP contribution in [0.4, 0.5) is 0 Å². The Hall–Kier alpha value is 0.521. The van der Waals surface area contributed by atoms with Gasteiger partial charge in [-0.15, -0.1) is 0 Å². The first-order chi connectivity index (χ1) is 11.6. The van der Waals surface area contributed by atoms with E-state index in [0.29, 0.717) is 4.28 Å². The van der Waals surface area contributed by atoms with Crippen molar-refractivity contribution in [2.45, 2.75) is 73.8 Å². The van der Waals surface area contributed by atoms with Gasteiger partial charge in [0.2, 0.25) is 0 Å². The van der Waals surface area contributed by atoms with Crippen LogP contribution in [-0.2, 0) is 4.28 Å². The van der Waals surface area contributed by atoms with Crippen LogP contribution in [0.15, 0.2) is 24.3 Å². The molecule has 2 bridgehead atoms. The summed E-state index contributed by atoms with van der Waals surface area (Å²) in [5.41, 5.74) is 3.26. The third-order valence-electron chi connectivity index (χ3n) is 5.18. The van der Waals surface area contributed by atoms with Gasteiger partial charge in [-0.05, 0) is 22.2 Å². The van der Waals surface area contributed by atoms with Gasteiger partial charge in [-0.2, -0.15) is 0 Å². The van der Waals surface area contributed by atoms with Crippen molar-refractivity contribution in [1.29, 1.82) is 0 Å². The highest BCUT2D eigenvalue weighted by molar-refractivity contribution is 7.42. The Labute approximate surface area is 163 Å². The van der Waals surface area contributed by atoms with Crippen LogP contribution in [0, 0.1) is 0 Å². The van der Waals surface area contributed by atoms with Crippen molar-refractivity contribution in [2.24, 2.45) is 0 Å². The maximum atomic E-state index is 2.52. The monoisotopic (exact) mass is 410 g/mol. The van der Waals surface area contributed by atoms with Gasteiger partial charge in [0.05, 0.1) is 0 Å². The van der Waals surface area contributed by atoms with E-state index in [-0.39, 0.29) is 0 Å². The van der Waals surface area contributed by atoms with Crippen molar-refractivity contribution in [3.8, 4) is 0 Å². The van der Waals surface area contributed by atoms with Gasteiger partial charge in [0.25, 0.3) is 0 Å². The van der Waals surface area contributed by atoms with E-state index in [1.807, 2.05) is 0 Å². The van der Waals surface area contributed by atoms with Crippen molar-refractivity contribution in [3.05, 3.63) is 35.4 Å². The second-order valence-corrected chi connectivity index (χ2v) is 21.0. The first kappa shape index (κ1) is 19.3. The van der Waals surface area contributed by atoms with Crippen molar-refractivity contribution in [1.82, 2.24) is 0 Å². The molecule has 0 N–H and O–H groups in total. The Morgan fingerprint density at radius 3 is 2.00 bits per heavy atom. The molecule has 3 aliphatic rings. The van der Waals surface area contributed by atoms with Crippen molar-refractivity contribution >= 4 is 54.2 Å². The minimum absolute atomic E-state index is 0.647. The van der Waals surface area contributed by atoms with Crippen LogP contribution in [0.1, 0.15) is 76.3 Å². The zero-order valence-electron chi connectivity index (χ0n) is 15.1. The minimum Gasteiger partial charge on any atom is -0.0654 e. The molecule has 12 radical (unpaired) electrons. The van der Waals surface area contributed by atoms with Crippen LogP contribution >= 0.6 is 0 Å². The molecule has 0 amide bonds. The largest absolute Gasteiger partial charge is 0.0654 e. The van der Waals surface area contributed by atoms with Gasteiger partial charge in [-0.25, -0.2) is 0 Å². The van der Waals surface area contributed by atoms with E-state index >= 15 is 0 Å². The molecule has 0 aliphatic carbocycles. The fourth-order valence-corrected chi connectivity index (χ4v) is 34.3. The summed E-state index contributed by atoms with van der Waals surface area (Å²) >= 11 is 0. The van der Waals surface area contributed by atoms with Crippen LogP contribution in [0.25, 0.3) is 0 Å². The topological polar surface area (TPSA) is 0 Å². The summed E-state index contributed by atoms with van der Waals surface area (Å²) in [5.74, 6) is 0.725. The van der Waals surface area contributed by atoms with Crippen LogP contribution in [0.5, 0.6) is 0 Å². The molecule has 1 aromatic rings. The maximum absolute atomic E-state index is 2.52. The Morgan fingerprint density at radius 2 is 1.46 bits per heavy atom. The molecule has 122 valence electrons. The number of hydrogen-bond acceptors (Lipinski definition) is 0. The summed E-state index contributed by atoms with van der Waals surface area (Å²) in [7, 11) is 7.53. The summed E-state index contributed by atoms with van der Waals surface area (Å²) in [6.45, 7) is 7.03. The first-order valence-electron chi connectivity index (χ1n) is 9.36. The van der Waals surface area contributed by atoms with Gasteiger partial charge in [-0.1, -0.05) is 87.0 Å². The second kappa shape index (κ2) is 8.47. The Balaban J connectivity index is 1.65. The number of fused-ring (bicyclic) bond motifs is 3. The molecule has 0 saturated carbocycles. The summed E-state index contributed by atoms with van der Waals surface area (Å²) in [5, 5.41) is 0. The highest BCUT2D eigenvalue weighted by Gasteiger charge is 2.50. The molecular formula is C18H26Si6. The summed E-state index contributed by atoms with van der Waals surface area (Å²) < 4.78 is 1.50. The van der Waals surface area contributed by atoms with Crippen LogP contribution < -0.4 is 0 Å². The molecule has 1 atom stereocenters. The van der Waals surface area contributed by atoms with Crippen molar-refractivity contribution in [2.75, 3.05) is 0 Å². The fourth-order valence-electron chi connectivity index (χ4n) is 3.49. The van der Waals surface area contributed by atoms with E-state index in [0.717, 1.165) is 10.2 Å². The van der Waals surface area contributed by atoms with E-state index in [2.05, 4.69) is 45.0 Å². The molecule has 3 aliphatic heterocycles. The molecule has 4 rings (SSSR count). The van der Waals surface area contributed by atoms with Gasteiger partial charge < -0.3 is 0 Å². The zero-order valence-corrected chi connectivity index (χ0v) is 21.1. The second-order valence-electron chi connectivity index (χ2n) is 7.17. The average molecular weight is 411 g/mol. The van der Waals surface area contributed by atoms with Crippen LogP contribution in [-0.4, -0.2) is 54.2 Å². The highest BCUT2D eigenvalue weighted by atomic mass is 29.3. The lowest BCUT2D eigenvalue weighted by atomic mass is 9.96. The van der Waals surface area contributed by atoms with Crippen LogP contribution in [0.2, 0.25) is 4.28 Å². The Kier molecular flexibility index (Phi) is 6.81. The number of benzene rings is 1. The molecule has 24 heavy (non-hydrogen) atoms. The van der Waals surface area contributed by atoms with Gasteiger partial charge in [0.1, 0.15) is 0 Å². The molecule has 6 heteroatoms.